The number of nitrogens with one attached hydrogen (secondary N) is 1. The van der Waals surface area contributed by atoms with Crippen LogP contribution in [0.3, 0.4) is 0 Å². The summed E-state index contributed by atoms with van der Waals surface area (Å²) in [5, 5.41) is 3.40. The molecular weight excluding hydrogens is 238 g/mol. The van der Waals surface area contributed by atoms with Gasteiger partial charge in [-0.05, 0) is 38.8 Å². The molecule has 2 rings (SSSR count). The number of ether oxygens (including phenoxy) is 2. The molecule has 0 spiro atoms. The van der Waals surface area contributed by atoms with E-state index in [0.29, 0.717) is 0 Å². The maximum absolute atomic E-state index is 5.93. The molecule has 1 heterocycles. The fourth-order valence-electron chi connectivity index (χ4n) is 2.65. The first-order valence-electron chi connectivity index (χ1n) is 7.37. The second-order valence-corrected chi connectivity index (χ2v) is 5.06. The Hall–Kier alpha value is -1.06. The Labute approximate surface area is 116 Å². The van der Waals surface area contributed by atoms with Crippen molar-refractivity contribution in [2.24, 2.45) is 0 Å². The Morgan fingerprint density at radius 2 is 2.21 bits per heavy atom. The standard InChI is InChI=1S/C16H25NO2/c1-3-11-18-14-9-5-4-8-13(14)16(17-2)15-10-6-7-12-19-15/h4-5,8-9,15-17H,3,6-7,10-12H2,1-2H3. The minimum Gasteiger partial charge on any atom is -0.493 e. The number of benzene rings is 1. The van der Waals surface area contributed by atoms with Crippen molar-refractivity contribution in [3.63, 3.8) is 0 Å². The lowest BCUT2D eigenvalue weighted by atomic mass is 9.95. The van der Waals surface area contributed by atoms with Gasteiger partial charge in [-0.1, -0.05) is 25.1 Å². The summed E-state index contributed by atoms with van der Waals surface area (Å²) in [5.74, 6) is 0.984. The van der Waals surface area contributed by atoms with E-state index in [4.69, 9.17) is 9.47 Å². The van der Waals surface area contributed by atoms with E-state index in [1.807, 2.05) is 13.1 Å². The Bertz CT molecular complexity index is 375. The molecule has 1 saturated heterocycles. The van der Waals surface area contributed by atoms with Gasteiger partial charge in [-0.25, -0.2) is 0 Å². The molecular formula is C16H25NO2. The molecule has 1 aliphatic heterocycles. The van der Waals surface area contributed by atoms with Crippen LogP contribution in [0.4, 0.5) is 0 Å². The smallest absolute Gasteiger partial charge is 0.124 e. The summed E-state index contributed by atoms with van der Waals surface area (Å²) in [7, 11) is 2.00. The second-order valence-electron chi connectivity index (χ2n) is 5.06. The van der Waals surface area contributed by atoms with Crippen molar-refractivity contribution in [1.29, 1.82) is 0 Å². The summed E-state index contributed by atoms with van der Waals surface area (Å²) in [4.78, 5) is 0. The average molecular weight is 263 g/mol. The Kier molecular flexibility index (Phi) is 5.67. The van der Waals surface area contributed by atoms with Crippen LogP contribution in [0.1, 0.15) is 44.2 Å². The SMILES string of the molecule is CCCOc1ccccc1C(NC)C1CCCCO1. The molecule has 1 N–H and O–H groups in total. The third kappa shape index (κ3) is 3.71. The minimum atomic E-state index is 0.216. The third-order valence-corrected chi connectivity index (χ3v) is 3.61. The van der Waals surface area contributed by atoms with Crippen molar-refractivity contribution in [2.75, 3.05) is 20.3 Å². The molecule has 1 aliphatic rings. The van der Waals surface area contributed by atoms with E-state index in [1.165, 1.54) is 18.4 Å². The van der Waals surface area contributed by atoms with Crippen molar-refractivity contribution in [2.45, 2.75) is 44.8 Å². The summed E-state index contributed by atoms with van der Waals surface area (Å²) in [5.41, 5.74) is 1.21. The van der Waals surface area contributed by atoms with Crippen LogP contribution < -0.4 is 10.1 Å². The van der Waals surface area contributed by atoms with Gasteiger partial charge in [0, 0.05) is 12.2 Å². The highest BCUT2D eigenvalue weighted by Gasteiger charge is 2.26. The molecule has 0 aromatic heterocycles. The predicted octanol–water partition coefficient (Wildman–Crippen LogP) is 3.31. The minimum absolute atomic E-state index is 0.216. The normalized spacial score (nSPS) is 21.1. The van der Waals surface area contributed by atoms with E-state index >= 15 is 0 Å². The summed E-state index contributed by atoms with van der Waals surface area (Å²) < 4.78 is 11.8. The number of hydrogen-bond donors (Lipinski definition) is 1. The molecule has 106 valence electrons. The van der Waals surface area contributed by atoms with Gasteiger partial charge < -0.3 is 14.8 Å². The van der Waals surface area contributed by atoms with Gasteiger partial charge in [0.25, 0.3) is 0 Å². The summed E-state index contributed by atoms with van der Waals surface area (Å²) in [6, 6.07) is 8.51. The molecule has 3 nitrogen and oxygen atoms in total. The lowest BCUT2D eigenvalue weighted by molar-refractivity contribution is -0.00715. The lowest BCUT2D eigenvalue weighted by Gasteiger charge is -2.31. The van der Waals surface area contributed by atoms with Crippen LogP contribution >= 0.6 is 0 Å². The zero-order chi connectivity index (χ0) is 13.5. The second kappa shape index (κ2) is 7.51. The Balaban J connectivity index is 2.16. The van der Waals surface area contributed by atoms with Gasteiger partial charge >= 0.3 is 0 Å². The molecule has 0 aliphatic carbocycles. The van der Waals surface area contributed by atoms with Crippen LogP contribution in [0.25, 0.3) is 0 Å². The van der Waals surface area contributed by atoms with E-state index in [9.17, 15) is 0 Å². The summed E-state index contributed by atoms with van der Waals surface area (Å²) in [6.07, 6.45) is 4.83. The molecule has 0 amide bonds. The quantitative estimate of drug-likeness (QED) is 0.854. The van der Waals surface area contributed by atoms with Crippen molar-refractivity contribution in [3.05, 3.63) is 29.8 Å². The van der Waals surface area contributed by atoms with E-state index in [1.54, 1.807) is 0 Å². The molecule has 1 fully saturated rings. The van der Waals surface area contributed by atoms with Gasteiger partial charge in [0.15, 0.2) is 0 Å². The monoisotopic (exact) mass is 263 g/mol. The average Bonchev–Trinajstić information content (AvgIpc) is 2.48. The van der Waals surface area contributed by atoms with Crippen LogP contribution in [0, 0.1) is 0 Å². The predicted molar refractivity (Wildman–Crippen MR) is 77.6 cm³/mol. The summed E-state index contributed by atoms with van der Waals surface area (Å²) >= 11 is 0. The molecule has 2 unspecified atom stereocenters. The van der Waals surface area contributed by atoms with Crippen molar-refractivity contribution in [3.8, 4) is 5.75 Å². The van der Waals surface area contributed by atoms with Gasteiger partial charge in [-0.15, -0.1) is 0 Å². The molecule has 2 atom stereocenters. The zero-order valence-electron chi connectivity index (χ0n) is 12.0. The van der Waals surface area contributed by atoms with Crippen molar-refractivity contribution in [1.82, 2.24) is 5.32 Å². The zero-order valence-corrected chi connectivity index (χ0v) is 12.0. The molecule has 1 aromatic rings. The van der Waals surface area contributed by atoms with Crippen LogP contribution in [-0.4, -0.2) is 26.4 Å². The first-order valence-corrected chi connectivity index (χ1v) is 7.37. The van der Waals surface area contributed by atoms with Gasteiger partial charge in [0.2, 0.25) is 0 Å². The highest BCUT2D eigenvalue weighted by molar-refractivity contribution is 5.36. The van der Waals surface area contributed by atoms with E-state index in [2.05, 4.69) is 30.4 Å². The highest BCUT2D eigenvalue weighted by atomic mass is 16.5. The molecule has 0 saturated carbocycles. The van der Waals surface area contributed by atoms with Crippen LogP contribution in [0.5, 0.6) is 5.75 Å². The first-order chi connectivity index (χ1) is 9.36. The third-order valence-electron chi connectivity index (χ3n) is 3.61. The molecule has 3 heteroatoms. The maximum Gasteiger partial charge on any atom is 0.124 e. The van der Waals surface area contributed by atoms with Gasteiger partial charge in [-0.3, -0.25) is 0 Å². The number of rotatable bonds is 6. The van der Waals surface area contributed by atoms with Gasteiger partial charge in [0.1, 0.15) is 5.75 Å². The number of likely N-dealkylation sites (N-methyl/N-ethyl adjacent to an activating group) is 1. The van der Waals surface area contributed by atoms with Crippen molar-refractivity contribution < 1.29 is 9.47 Å². The van der Waals surface area contributed by atoms with E-state index in [0.717, 1.165) is 31.8 Å². The first kappa shape index (κ1) is 14.4. The van der Waals surface area contributed by atoms with Crippen LogP contribution in [0.15, 0.2) is 24.3 Å². The molecule has 0 bridgehead atoms. The van der Waals surface area contributed by atoms with E-state index < -0.39 is 0 Å². The van der Waals surface area contributed by atoms with Gasteiger partial charge in [-0.2, -0.15) is 0 Å². The maximum atomic E-state index is 5.93. The Morgan fingerprint density at radius 3 is 2.89 bits per heavy atom. The van der Waals surface area contributed by atoms with Crippen LogP contribution in [0.2, 0.25) is 0 Å². The number of hydrogen-bond acceptors (Lipinski definition) is 3. The number of para-hydroxylation sites is 1. The van der Waals surface area contributed by atoms with Crippen LogP contribution in [-0.2, 0) is 4.74 Å². The molecule has 19 heavy (non-hydrogen) atoms. The van der Waals surface area contributed by atoms with Crippen molar-refractivity contribution >= 4 is 0 Å². The lowest BCUT2D eigenvalue weighted by Crippen LogP contribution is -2.34. The fraction of sp³-hybridized carbons (Fsp3) is 0.625. The largest absolute Gasteiger partial charge is 0.493 e. The topological polar surface area (TPSA) is 30.5 Å². The highest BCUT2D eigenvalue weighted by Crippen LogP contribution is 2.32. The molecule has 0 radical (unpaired) electrons. The summed E-state index contributed by atoms with van der Waals surface area (Å²) in [6.45, 7) is 3.77. The Morgan fingerprint density at radius 1 is 1.37 bits per heavy atom. The fourth-order valence-corrected chi connectivity index (χ4v) is 2.65. The molecule has 1 aromatic carbocycles. The van der Waals surface area contributed by atoms with E-state index in [-0.39, 0.29) is 12.1 Å². The van der Waals surface area contributed by atoms with Gasteiger partial charge in [0.05, 0.1) is 18.8 Å².